The fraction of sp³-hybridized carbons (Fsp3) is 0. The number of nitrogens with one attached hydrogen (secondary N) is 1. The maximum atomic E-state index is 11.0. The van der Waals surface area contributed by atoms with Gasteiger partial charge in [0.25, 0.3) is 0 Å². The van der Waals surface area contributed by atoms with Crippen LogP contribution in [-0.4, -0.2) is 13.0 Å². The maximum absolute atomic E-state index is 11.0. The summed E-state index contributed by atoms with van der Waals surface area (Å²) in [4.78, 5) is 2.57. The van der Waals surface area contributed by atoms with Gasteiger partial charge in [-0.3, -0.25) is 4.55 Å². The highest BCUT2D eigenvalue weighted by molar-refractivity contribution is 7.86. The molecule has 0 saturated carbocycles. The lowest BCUT2D eigenvalue weighted by Crippen LogP contribution is -2.07. The molecule has 2 aromatic rings. The number of hydrogen-bond donors (Lipinski definition) is 1. The van der Waals surface area contributed by atoms with Crippen molar-refractivity contribution >= 4 is 20.9 Å². The van der Waals surface area contributed by atoms with Crippen LogP contribution in [0.1, 0.15) is 0 Å². The number of fused-ring (bicyclic) bond motifs is 1. The zero-order chi connectivity index (χ0) is 10.2. The lowest BCUT2D eigenvalue weighted by Gasteiger charge is -1.98. The molecule has 1 aromatic carbocycles. The summed E-state index contributed by atoms with van der Waals surface area (Å²) in [7, 11) is -4.16. The SMILES string of the molecule is O=S(=O)(O)c1c[nH+]cc2ccccc12. The van der Waals surface area contributed by atoms with Gasteiger partial charge in [-0.1, -0.05) is 18.2 Å². The van der Waals surface area contributed by atoms with Crippen LogP contribution in [0.15, 0.2) is 41.6 Å². The van der Waals surface area contributed by atoms with E-state index in [0.29, 0.717) is 5.39 Å². The molecule has 0 aliphatic heterocycles. The predicted molar refractivity (Wildman–Crippen MR) is 50.3 cm³/mol. The van der Waals surface area contributed by atoms with Gasteiger partial charge in [-0.25, -0.2) is 4.98 Å². The molecule has 2 rings (SSSR count). The van der Waals surface area contributed by atoms with Crippen molar-refractivity contribution in [3.05, 3.63) is 36.7 Å². The van der Waals surface area contributed by atoms with Gasteiger partial charge in [-0.15, -0.1) is 0 Å². The van der Waals surface area contributed by atoms with Crippen molar-refractivity contribution in [1.82, 2.24) is 0 Å². The van der Waals surface area contributed by atoms with E-state index in [1.165, 1.54) is 6.20 Å². The van der Waals surface area contributed by atoms with Crippen LogP contribution in [-0.2, 0) is 10.1 Å². The monoisotopic (exact) mass is 210 g/mol. The molecule has 0 fully saturated rings. The van der Waals surface area contributed by atoms with Crippen LogP contribution >= 0.6 is 0 Å². The van der Waals surface area contributed by atoms with Crippen molar-refractivity contribution in [2.75, 3.05) is 0 Å². The van der Waals surface area contributed by atoms with Crippen LogP contribution in [0.2, 0.25) is 0 Å². The third-order valence-corrected chi connectivity index (χ3v) is 2.85. The summed E-state index contributed by atoms with van der Waals surface area (Å²) in [5.74, 6) is 0. The summed E-state index contributed by atoms with van der Waals surface area (Å²) in [6.07, 6.45) is 2.93. The number of aromatic nitrogens is 1. The zero-order valence-electron chi connectivity index (χ0n) is 7.14. The van der Waals surface area contributed by atoms with Gasteiger partial charge in [-0.2, -0.15) is 8.42 Å². The second-order valence-electron chi connectivity index (χ2n) is 2.88. The Hall–Kier alpha value is -1.46. The van der Waals surface area contributed by atoms with Crippen LogP contribution in [0.25, 0.3) is 10.8 Å². The van der Waals surface area contributed by atoms with E-state index in [4.69, 9.17) is 4.55 Å². The summed E-state index contributed by atoms with van der Waals surface area (Å²) in [5, 5.41) is 1.25. The molecule has 72 valence electrons. The van der Waals surface area contributed by atoms with Crippen molar-refractivity contribution in [3.63, 3.8) is 0 Å². The van der Waals surface area contributed by atoms with Crippen LogP contribution in [0.3, 0.4) is 0 Å². The normalized spacial score (nSPS) is 11.8. The van der Waals surface area contributed by atoms with Gasteiger partial charge in [0.1, 0.15) is 0 Å². The fourth-order valence-electron chi connectivity index (χ4n) is 1.35. The van der Waals surface area contributed by atoms with E-state index in [0.717, 1.165) is 5.39 Å². The highest BCUT2D eigenvalue weighted by Gasteiger charge is 2.16. The molecule has 0 atom stereocenters. The summed E-state index contributed by atoms with van der Waals surface area (Å²) in [6, 6.07) is 6.92. The van der Waals surface area contributed by atoms with Gasteiger partial charge in [-0.05, 0) is 6.07 Å². The lowest BCUT2D eigenvalue weighted by molar-refractivity contribution is -0.378. The minimum atomic E-state index is -4.16. The van der Waals surface area contributed by atoms with E-state index < -0.39 is 10.1 Å². The highest BCUT2D eigenvalue weighted by atomic mass is 32.2. The molecule has 0 saturated heterocycles. The summed E-state index contributed by atoms with van der Waals surface area (Å²) < 4.78 is 30.9. The Morgan fingerprint density at radius 3 is 2.57 bits per heavy atom. The molecule has 0 spiro atoms. The van der Waals surface area contributed by atoms with E-state index in [1.54, 1.807) is 30.5 Å². The Balaban J connectivity index is 2.92. The number of hydrogen-bond acceptors (Lipinski definition) is 2. The topological polar surface area (TPSA) is 68.5 Å². The molecule has 1 heterocycles. The molecular formula is C9H8NO3S+. The molecule has 0 amide bonds. The van der Waals surface area contributed by atoms with Crippen LogP contribution < -0.4 is 4.98 Å². The molecule has 14 heavy (non-hydrogen) atoms. The van der Waals surface area contributed by atoms with Crippen molar-refractivity contribution in [3.8, 4) is 0 Å². The molecule has 0 unspecified atom stereocenters. The molecule has 1 aromatic heterocycles. The van der Waals surface area contributed by atoms with Crippen molar-refractivity contribution < 1.29 is 18.0 Å². The number of rotatable bonds is 1. The van der Waals surface area contributed by atoms with Crippen molar-refractivity contribution in [1.29, 1.82) is 0 Å². The minimum absolute atomic E-state index is 0.101. The van der Waals surface area contributed by atoms with Gasteiger partial charge in [0, 0.05) is 10.8 Å². The quantitative estimate of drug-likeness (QED) is 0.711. The molecule has 0 radical (unpaired) electrons. The van der Waals surface area contributed by atoms with E-state index >= 15 is 0 Å². The largest absolute Gasteiger partial charge is 0.301 e. The first kappa shape index (κ1) is 9.11. The van der Waals surface area contributed by atoms with Crippen LogP contribution in [0.4, 0.5) is 0 Å². The molecule has 2 N–H and O–H groups in total. The number of pyridine rings is 1. The Morgan fingerprint density at radius 1 is 1.14 bits per heavy atom. The number of aromatic amines is 1. The van der Waals surface area contributed by atoms with E-state index in [1.807, 2.05) is 0 Å². The zero-order valence-corrected chi connectivity index (χ0v) is 7.95. The Kier molecular flexibility index (Phi) is 1.98. The summed E-state index contributed by atoms with van der Waals surface area (Å²) >= 11 is 0. The van der Waals surface area contributed by atoms with Gasteiger partial charge in [0.05, 0.1) is 0 Å². The molecule has 0 aliphatic rings. The lowest BCUT2D eigenvalue weighted by atomic mass is 10.2. The third kappa shape index (κ3) is 1.47. The van der Waals surface area contributed by atoms with Gasteiger partial charge < -0.3 is 0 Å². The Labute approximate surface area is 81.0 Å². The van der Waals surface area contributed by atoms with Gasteiger partial charge >= 0.3 is 10.1 Å². The second kappa shape index (κ2) is 3.04. The number of benzene rings is 1. The van der Waals surface area contributed by atoms with Gasteiger partial charge in [0.2, 0.25) is 0 Å². The molecule has 0 aliphatic carbocycles. The first-order valence-corrected chi connectivity index (χ1v) is 5.39. The number of H-pyrrole nitrogens is 1. The standard InChI is InChI=1S/C9H7NO3S/c11-14(12,13)9-6-10-5-7-3-1-2-4-8(7)9/h1-6H,(H,11,12,13)/p+1. The first-order chi connectivity index (χ1) is 6.59. The smallest absolute Gasteiger partial charge is 0.282 e. The Bertz CT molecular complexity index is 572. The van der Waals surface area contributed by atoms with Crippen molar-refractivity contribution in [2.24, 2.45) is 0 Å². The highest BCUT2D eigenvalue weighted by Crippen LogP contribution is 2.19. The summed E-state index contributed by atoms with van der Waals surface area (Å²) in [6.45, 7) is 0. The first-order valence-electron chi connectivity index (χ1n) is 3.95. The molecular weight excluding hydrogens is 202 g/mol. The predicted octanol–water partition coefficient (Wildman–Crippen LogP) is 0.901. The van der Waals surface area contributed by atoms with E-state index in [9.17, 15) is 8.42 Å². The maximum Gasteiger partial charge on any atom is 0.301 e. The summed E-state index contributed by atoms with van der Waals surface area (Å²) in [5.41, 5.74) is 0. The van der Waals surface area contributed by atoms with Gasteiger partial charge in [0.15, 0.2) is 17.3 Å². The fourth-order valence-corrected chi connectivity index (χ4v) is 2.03. The second-order valence-corrected chi connectivity index (χ2v) is 4.27. The van der Waals surface area contributed by atoms with E-state index in [-0.39, 0.29) is 4.90 Å². The average Bonchev–Trinajstić information content (AvgIpc) is 2.15. The minimum Gasteiger partial charge on any atom is -0.282 e. The molecule has 5 heteroatoms. The van der Waals surface area contributed by atoms with E-state index in [2.05, 4.69) is 4.98 Å². The molecule has 4 nitrogen and oxygen atoms in total. The van der Waals surface area contributed by atoms with Crippen LogP contribution in [0.5, 0.6) is 0 Å². The van der Waals surface area contributed by atoms with Crippen molar-refractivity contribution in [2.45, 2.75) is 4.90 Å². The average molecular weight is 210 g/mol. The van der Waals surface area contributed by atoms with Crippen LogP contribution in [0, 0.1) is 0 Å². The molecule has 0 bridgehead atoms. The Morgan fingerprint density at radius 2 is 1.86 bits per heavy atom. The third-order valence-electron chi connectivity index (χ3n) is 1.96.